The predicted molar refractivity (Wildman–Crippen MR) is 118 cm³/mol. The third kappa shape index (κ3) is 5.61. The number of nitrogens with one attached hydrogen (secondary N) is 1. The van der Waals surface area contributed by atoms with Crippen molar-refractivity contribution in [2.45, 2.75) is 25.5 Å². The fourth-order valence-electron chi connectivity index (χ4n) is 3.46. The van der Waals surface area contributed by atoms with Gasteiger partial charge in [-0.2, -0.15) is 0 Å². The Balaban J connectivity index is 1.24. The molecule has 1 saturated heterocycles. The van der Waals surface area contributed by atoms with E-state index in [2.05, 4.69) is 26.1 Å². The van der Waals surface area contributed by atoms with Crippen molar-refractivity contribution in [2.24, 2.45) is 0 Å². The molecule has 1 N–H and O–H groups in total. The molecule has 4 rings (SSSR count). The second-order valence-corrected chi connectivity index (χ2v) is 8.68. The van der Waals surface area contributed by atoms with Crippen molar-refractivity contribution in [1.29, 1.82) is 0 Å². The molecule has 1 heterocycles. The van der Waals surface area contributed by atoms with Gasteiger partial charge in [-0.15, -0.1) is 0 Å². The topological polar surface area (TPSA) is 61.9 Å². The van der Waals surface area contributed by atoms with E-state index in [1.54, 1.807) is 0 Å². The molecule has 6 nitrogen and oxygen atoms in total. The van der Waals surface area contributed by atoms with Crippen LogP contribution in [0.3, 0.4) is 0 Å². The summed E-state index contributed by atoms with van der Waals surface area (Å²) in [5.74, 6) is 0.925. The van der Waals surface area contributed by atoms with Gasteiger partial charge < -0.3 is 15.0 Å². The number of carbonyl (C=O) groups is 2. The third-order valence-electron chi connectivity index (χ3n) is 5.40. The van der Waals surface area contributed by atoms with E-state index < -0.39 is 0 Å². The standard InChI is InChI=1S/C23H26BrN3O3/c24-20-3-1-2-4-21(20)30-16-17-5-7-18(8-6-17)23(29)27-13-11-26(12-14-27)15-22(28)25-19-9-10-19/h1-8,19H,9-16H2,(H,25,28). The quantitative estimate of drug-likeness (QED) is 0.673. The van der Waals surface area contributed by atoms with Crippen LogP contribution in [0.5, 0.6) is 5.75 Å². The third-order valence-corrected chi connectivity index (χ3v) is 6.06. The fraction of sp³-hybridized carbons (Fsp3) is 0.391. The monoisotopic (exact) mass is 471 g/mol. The highest BCUT2D eigenvalue weighted by atomic mass is 79.9. The van der Waals surface area contributed by atoms with E-state index in [4.69, 9.17) is 4.74 Å². The van der Waals surface area contributed by atoms with Crippen molar-refractivity contribution in [1.82, 2.24) is 15.1 Å². The minimum absolute atomic E-state index is 0.0374. The van der Waals surface area contributed by atoms with Crippen molar-refractivity contribution in [3.05, 3.63) is 64.1 Å². The van der Waals surface area contributed by atoms with E-state index in [-0.39, 0.29) is 11.8 Å². The Morgan fingerprint density at radius 2 is 1.70 bits per heavy atom. The molecule has 2 aromatic rings. The van der Waals surface area contributed by atoms with E-state index in [1.165, 1.54) is 0 Å². The second-order valence-electron chi connectivity index (χ2n) is 7.83. The number of hydrogen-bond donors (Lipinski definition) is 1. The lowest BCUT2D eigenvalue weighted by Gasteiger charge is -2.34. The average molecular weight is 472 g/mol. The first-order valence-corrected chi connectivity index (χ1v) is 11.1. The Morgan fingerprint density at radius 3 is 2.37 bits per heavy atom. The van der Waals surface area contributed by atoms with Crippen LogP contribution in [0.15, 0.2) is 53.0 Å². The second kappa shape index (κ2) is 9.62. The number of hydrogen-bond acceptors (Lipinski definition) is 4. The first-order valence-electron chi connectivity index (χ1n) is 10.4. The molecule has 2 fully saturated rings. The van der Waals surface area contributed by atoms with Crippen LogP contribution < -0.4 is 10.1 Å². The minimum atomic E-state index is 0.0374. The van der Waals surface area contributed by atoms with Crippen LogP contribution in [0.1, 0.15) is 28.8 Å². The molecule has 0 atom stereocenters. The van der Waals surface area contributed by atoms with E-state index in [9.17, 15) is 9.59 Å². The van der Waals surface area contributed by atoms with Gasteiger partial charge in [0.1, 0.15) is 12.4 Å². The van der Waals surface area contributed by atoms with Gasteiger partial charge in [0.2, 0.25) is 5.91 Å². The zero-order valence-electron chi connectivity index (χ0n) is 16.9. The Bertz CT molecular complexity index is 891. The minimum Gasteiger partial charge on any atom is -0.488 e. The van der Waals surface area contributed by atoms with Crippen molar-refractivity contribution >= 4 is 27.7 Å². The molecule has 2 aliphatic rings. The molecular formula is C23H26BrN3O3. The molecular weight excluding hydrogens is 446 g/mol. The molecule has 7 heteroatoms. The SMILES string of the molecule is O=C(CN1CCN(C(=O)c2ccc(COc3ccccc3Br)cc2)CC1)NC1CC1. The summed E-state index contributed by atoms with van der Waals surface area (Å²) in [5, 5.41) is 3.02. The molecule has 0 spiro atoms. The number of piperazine rings is 1. The maximum atomic E-state index is 12.8. The molecule has 1 saturated carbocycles. The smallest absolute Gasteiger partial charge is 0.253 e. The number of para-hydroxylation sites is 1. The Hall–Kier alpha value is -2.38. The normalized spacial score (nSPS) is 16.9. The van der Waals surface area contributed by atoms with Gasteiger partial charge in [0.25, 0.3) is 5.91 Å². The van der Waals surface area contributed by atoms with Gasteiger partial charge in [0.05, 0.1) is 11.0 Å². The summed E-state index contributed by atoms with van der Waals surface area (Å²) in [7, 11) is 0. The zero-order valence-corrected chi connectivity index (χ0v) is 18.4. The van der Waals surface area contributed by atoms with Gasteiger partial charge in [-0.1, -0.05) is 24.3 Å². The van der Waals surface area contributed by atoms with E-state index in [1.807, 2.05) is 53.4 Å². The largest absolute Gasteiger partial charge is 0.488 e. The number of amides is 2. The highest BCUT2D eigenvalue weighted by Crippen LogP contribution is 2.24. The summed E-state index contributed by atoms with van der Waals surface area (Å²) in [5.41, 5.74) is 1.69. The van der Waals surface area contributed by atoms with Crippen LogP contribution in [-0.4, -0.2) is 60.4 Å². The van der Waals surface area contributed by atoms with Crippen molar-refractivity contribution in [2.75, 3.05) is 32.7 Å². The maximum Gasteiger partial charge on any atom is 0.253 e. The van der Waals surface area contributed by atoms with Crippen LogP contribution >= 0.6 is 15.9 Å². The molecule has 0 radical (unpaired) electrons. The first-order chi connectivity index (χ1) is 14.6. The number of benzene rings is 2. The van der Waals surface area contributed by atoms with Gasteiger partial charge in [-0.25, -0.2) is 0 Å². The summed E-state index contributed by atoms with van der Waals surface area (Å²) in [6, 6.07) is 15.7. The van der Waals surface area contributed by atoms with Gasteiger partial charge in [-0.3, -0.25) is 14.5 Å². The lowest BCUT2D eigenvalue weighted by atomic mass is 10.1. The van der Waals surface area contributed by atoms with Gasteiger partial charge >= 0.3 is 0 Å². The van der Waals surface area contributed by atoms with Crippen molar-refractivity contribution in [3.63, 3.8) is 0 Å². The highest BCUT2D eigenvalue weighted by Gasteiger charge is 2.26. The Morgan fingerprint density at radius 1 is 1.00 bits per heavy atom. The van der Waals surface area contributed by atoms with Gasteiger partial charge in [-0.05, 0) is 58.6 Å². The van der Waals surface area contributed by atoms with E-state index in [0.717, 1.165) is 41.7 Å². The number of rotatable bonds is 7. The molecule has 158 valence electrons. The number of carbonyl (C=O) groups excluding carboxylic acids is 2. The molecule has 2 amide bonds. The van der Waals surface area contributed by atoms with Crippen LogP contribution in [-0.2, 0) is 11.4 Å². The molecule has 0 bridgehead atoms. The number of nitrogens with zero attached hydrogens (tertiary/aromatic N) is 2. The van der Waals surface area contributed by atoms with Crippen molar-refractivity contribution < 1.29 is 14.3 Å². The van der Waals surface area contributed by atoms with Crippen molar-refractivity contribution in [3.8, 4) is 5.75 Å². The molecule has 0 unspecified atom stereocenters. The van der Waals surface area contributed by atoms with Crippen LogP contribution in [0, 0.1) is 0 Å². The Kier molecular flexibility index (Phi) is 6.69. The van der Waals surface area contributed by atoms with Gasteiger partial charge in [0.15, 0.2) is 0 Å². The summed E-state index contributed by atoms with van der Waals surface area (Å²) in [4.78, 5) is 28.7. The molecule has 30 heavy (non-hydrogen) atoms. The number of halogens is 1. The summed E-state index contributed by atoms with van der Waals surface area (Å²) >= 11 is 3.47. The van der Waals surface area contributed by atoms with Crippen LogP contribution in [0.4, 0.5) is 0 Å². The molecule has 0 aromatic heterocycles. The number of ether oxygens (including phenoxy) is 1. The fourth-order valence-corrected chi connectivity index (χ4v) is 3.86. The summed E-state index contributed by atoms with van der Waals surface area (Å²) in [6.45, 7) is 3.59. The van der Waals surface area contributed by atoms with E-state index in [0.29, 0.717) is 37.8 Å². The molecule has 1 aliphatic heterocycles. The van der Waals surface area contributed by atoms with E-state index >= 15 is 0 Å². The molecule has 2 aromatic carbocycles. The lowest BCUT2D eigenvalue weighted by Crippen LogP contribution is -2.51. The lowest BCUT2D eigenvalue weighted by molar-refractivity contribution is -0.122. The predicted octanol–water partition coefficient (Wildman–Crippen LogP) is 3.06. The zero-order chi connectivity index (χ0) is 20.9. The molecule has 1 aliphatic carbocycles. The summed E-state index contributed by atoms with van der Waals surface area (Å²) < 4.78 is 6.75. The summed E-state index contributed by atoms with van der Waals surface area (Å²) in [6.07, 6.45) is 2.20. The first kappa shape index (κ1) is 20.9. The van der Waals surface area contributed by atoms with Crippen LogP contribution in [0.2, 0.25) is 0 Å². The highest BCUT2D eigenvalue weighted by molar-refractivity contribution is 9.10. The Labute approximate surface area is 185 Å². The maximum absolute atomic E-state index is 12.8. The van der Waals surface area contributed by atoms with Crippen LogP contribution in [0.25, 0.3) is 0 Å². The van der Waals surface area contributed by atoms with Gasteiger partial charge in [0, 0.05) is 37.8 Å². The average Bonchev–Trinajstić information content (AvgIpc) is 3.57.